The lowest BCUT2D eigenvalue weighted by Crippen LogP contribution is -2.33. The second kappa shape index (κ2) is 9.90. The first-order valence-electron chi connectivity index (χ1n) is 13.0. The summed E-state index contributed by atoms with van der Waals surface area (Å²) in [6, 6.07) is 9.81. The Hall–Kier alpha value is -3.96. The van der Waals surface area contributed by atoms with Crippen LogP contribution in [0.1, 0.15) is 34.8 Å². The van der Waals surface area contributed by atoms with E-state index < -0.39 is 11.4 Å². The predicted molar refractivity (Wildman–Crippen MR) is 149 cm³/mol. The molecule has 4 aromatic rings. The largest absolute Gasteiger partial charge is 0.496 e. The highest BCUT2D eigenvalue weighted by Crippen LogP contribution is 2.49. The number of thiazole rings is 1. The van der Waals surface area contributed by atoms with Crippen LogP contribution in [-0.4, -0.2) is 57.0 Å². The van der Waals surface area contributed by atoms with Gasteiger partial charge in [-0.2, -0.15) is 0 Å². The van der Waals surface area contributed by atoms with Gasteiger partial charge in [0.25, 0.3) is 5.91 Å². The van der Waals surface area contributed by atoms with Gasteiger partial charge in [0.15, 0.2) is 10.8 Å². The maximum absolute atomic E-state index is 13.8. The third kappa shape index (κ3) is 4.90. The highest BCUT2D eigenvalue weighted by Gasteiger charge is 2.59. The fraction of sp³-hybridized carbons (Fsp3) is 0.345. The number of benzene rings is 1. The summed E-state index contributed by atoms with van der Waals surface area (Å²) in [5, 5.41) is 0.634. The molecule has 11 heteroatoms. The van der Waals surface area contributed by atoms with Crippen molar-refractivity contribution >= 4 is 17.2 Å². The van der Waals surface area contributed by atoms with E-state index in [-0.39, 0.29) is 23.8 Å². The van der Waals surface area contributed by atoms with E-state index in [0.717, 1.165) is 5.56 Å². The van der Waals surface area contributed by atoms with E-state index in [4.69, 9.17) is 20.2 Å². The van der Waals surface area contributed by atoms with Gasteiger partial charge in [-0.15, -0.1) is 11.3 Å². The number of piperidine rings is 1. The Morgan fingerprint density at radius 1 is 1.12 bits per heavy atom. The number of carbonyl (C=O) groups excluding carboxylic acids is 1. The molecule has 0 spiro atoms. The summed E-state index contributed by atoms with van der Waals surface area (Å²) in [6.45, 7) is 6.85. The van der Waals surface area contributed by atoms with Gasteiger partial charge in [-0.05, 0) is 50.6 Å². The number of aryl methyl sites for hydroxylation is 1. The molecule has 2 unspecified atom stereocenters. The van der Waals surface area contributed by atoms with Gasteiger partial charge >= 0.3 is 0 Å². The molecule has 9 nitrogen and oxygen atoms in total. The van der Waals surface area contributed by atoms with Gasteiger partial charge in [0.1, 0.15) is 22.5 Å². The lowest BCUT2D eigenvalue weighted by molar-refractivity contribution is 0.0755. The molecule has 0 bridgehead atoms. The van der Waals surface area contributed by atoms with E-state index in [2.05, 4.69) is 15.0 Å². The molecule has 40 heavy (non-hydrogen) atoms. The van der Waals surface area contributed by atoms with Gasteiger partial charge in [-0.1, -0.05) is 0 Å². The zero-order valence-corrected chi connectivity index (χ0v) is 23.4. The van der Waals surface area contributed by atoms with E-state index in [0.29, 0.717) is 57.4 Å². The predicted octanol–water partition coefficient (Wildman–Crippen LogP) is 4.46. The van der Waals surface area contributed by atoms with Gasteiger partial charge in [-0.25, -0.2) is 24.3 Å². The molecule has 1 aliphatic heterocycles. The molecule has 1 saturated carbocycles. The summed E-state index contributed by atoms with van der Waals surface area (Å²) in [5.74, 6) is 1.35. The number of pyridine rings is 1. The Bertz CT molecular complexity index is 1580. The van der Waals surface area contributed by atoms with Crippen molar-refractivity contribution in [2.75, 3.05) is 20.2 Å². The van der Waals surface area contributed by atoms with Crippen LogP contribution in [0.25, 0.3) is 22.1 Å². The summed E-state index contributed by atoms with van der Waals surface area (Å²) < 4.78 is 25.6. The van der Waals surface area contributed by atoms with Crippen molar-refractivity contribution in [1.29, 1.82) is 0 Å². The van der Waals surface area contributed by atoms with E-state index >= 15 is 0 Å². The van der Waals surface area contributed by atoms with Crippen LogP contribution in [-0.2, 0) is 5.54 Å². The Kier molecular flexibility index (Phi) is 6.50. The fourth-order valence-corrected chi connectivity index (χ4v) is 6.13. The lowest BCUT2D eigenvalue weighted by Gasteiger charge is -2.22. The number of methoxy groups -OCH3 is 1. The second-order valence-corrected chi connectivity index (χ2v) is 11.8. The van der Waals surface area contributed by atoms with Gasteiger partial charge in [0.2, 0.25) is 5.88 Å². The molecule has 1 amide bonds. The number of likely N-dealkylation sites (tertiary alicyclic amines) is 1. The highest BCUT2D eigenvalue weighted by atomic mass is 32.1. The molecule has 2 atom stereocenters. The van der Waals surface area contributed by atoms with E-state index in [1.807, 2.05) is 37.8 Å². The Balaban J connectivity index is 1.18. The van der Waals surface area contributed by atoms with Crippen LogP contribution in [0.5, 0.6) is 11.6 Å². The zero-order chi connectivity index (χ0) is 28.2. The first-order valence-corrected chi connectivity index (χ1v) is 13.8. The van der Waals surface area contributed by atoms with Crippen molar-refractivity contribution in [3.63, 3.8) is 0 Å². The number of nitrogens with two attached hydrogens (primary N) is 1. The minimum atomic E-state index is -0.651. The van der Waals surface area contributed by atoms with E-state index in [1.54, 1.807) is 24.5 Å². The number of amides is 1. The first-order chi connectivity index (χ1) is 19.1. The molecule has 6 rings (SSSR count). The topological polar surface area (TPSA) is 116 Å². The quantitative estimate of drug-likeness (QED) is 0.352. The molecule has 3 aromatic heterocycles. The van der Waals surface area contributed by atoms with Gasteiger partial charge in [0.05, 0.1) is 18.5 Å². The van der Waals surface area contributed by atoms with Crippen LogP contribution in [0.4, 0.5) is 4.39 Å². The SMILES string of the molecule is COc1cc(F)ccc1-c1cc(C(C)(C)N)cc(OC2C3CN(C(=O)c4sc(-c5ncccn5)nc4C)CC32)n1. The van der Waals surface area contributed by atoms with E-state index in [9.17, 15) is 9.18 Å². The number of hydrogen-bond donors (Lipinski definition) is 1. The highest BCUT2D eigenvalue weighted by molar-refractivity contribution is 7.17. The monoisotopic (exact) mass is 560 g/mol. The number of hydrogen-bond acceptors (Lipinski definition) is 9. The Morgan fingerprint density at radius 2 is 1.85 bits per heavy atom. The minimum Gasteiger partial charge on any atom is -0.496 e. The third-order valence-electron chi connectivity index (χ3n) is 7.39. The van der Waals surface area contributed by atoms with Gasteiger partial charge in [-0.3, -0.25) is 4.79 Å². The Labute approximate surface area is 235 Å². The standard InChI is InChI=1S/C29H29FN6O3S/c1-15-25(40-27(34-15)26-32-8-5-9-33-26)28(37)36-13-19-20(14-36)24(19)39-23-11-16(29(2,3)31)10-21(35-23)18-7-6-17(30)12-22(18)38-4/h5-12,19-20,24H,13-14,31H2,1-4H3. The van der Waals surface area contributed by atoms with Crippen molar-refractivity contribution in [1.82, 2.24) is 24.8 Å². The van der Waals surface area contributed by atoms with Crippen molar-refractivity contribution < 1.29 is 18.7 Å². The third-order valence-corrected chi connectivity index (χ3v) is 8.53. The maximum atomic E-state index is 13.8. The number of halogens is 1. The van der Waals surface area contributed by atoms with Crippen LogP contribution < -0.4 is 15.2 Å². The smallest absolute Gasteiger partial charge is 0.265 e. The fourth-order valence-electron chi connectivity index (χ4n) is 5.15. The van der Waals surface area contributed by atoms with Crippen molar-refractivity contribution in [2.45, 2.75) is 32.4 Å². The molecule has 2 N–H and O–H groups in total. The minimum absolute atomic E-state index is 0.0289. The van der Waals surface area contributed by atoms with Crippen LogP contribution in [0.2, 0.25) is 0 Å². The summed E-state index contributed by atoms with van der Waals surface area (Å²) in [4.78, 5) is 33.6. The van der Waals surface area contributed by atoms with Crippen molar-refractivity contribution in [2.24, 2.45) is 17.6 Å². The number of carbonyl (C=O) groups is 1. The molecular weight excluding hydrogens is 531 g/mol. The zero-order valence-electron chi connectivity index (χ0n) is 22.6. The normalized spacial score (nSPS) is 19.9. The molecule has 206 valence electrons. The maximum Gasteiger partial charge on any atom is 0.265 e. The van der Waals surface area contributed by atoms with Gasteiger partial charge in [0, 0.05) is 60.6 Å². The summed E-state index contributed by atoms with van der Waals surface area (Å²) in [6.07, 6.45) is 3.27. The molecule has 1 aliphatic carbocycles. The average Bonchev–Trinajstić information content (AvgIpc) is 3.25. The number of rotatable bonds is 7. The van der Waals surface area contributed by atoms with Crippen molar-refractivity contribution in [3.05, 3.63) is 70.7 Å². The molecule has 0 radical (unpaired) electrons. The van der Waals surface area contributed by atoms with Crippen LogP contribution in [0.3, 0.4) is 0 Å². The molecule has 2 aliphatic rings. The summed E-state index contributed by atoms with van der Waals surface area (Å²) in [5.41, 5.74) is 8.53. The van der Waals surface area contributed by atoms with E-state index in [1.165, 1.54) is 30.6 Å². The number of ether oxygens (including phenoxy) is 2. The van der Waals surface area contributed by atoms with Crippen LogP contribution in [0.15, 0.2) is 48.8 Å². The summed E-state index contributed by atoms with van der Waals surface area (Å²) in [7, 11) is 1.49. The summed E-state index contributed by atoms with van der Waals surface area (Å²) >= 11 is 1.32. The van der Waals surface area contributed by atoms with Gasteiger partial charge < -0.3 is 20.1 Å². The second-order valence-electron chi connectivity index (χ2n) is 10.8. The molecule has 1 aromatic carbocycles. The molecule has 4 heterocycles. The lowest BCUT2D eigenvalue weighted by atomic mass is 9.94. The average molecular weight is 561 g/mol. The molecule has 2 fully saturated rings. The number of aromatic nitrogens is 4. The molecular formula is C29H29FN6O3S. The molecule has 1 saturated heterocycles. The first kappa shape index (κ1) is 26.3. The van der Waals surface area contributed by atoms with Crippen LogP contribution >= 0.6 is 11.3 Å². The van der Waals surface area contributed by atoms with Crippen LogP contribution in [0, 0.1) is 24.6 Å². The number of nitrogens with zero attached hydrogens (tertiary/aromatic N) is 5. The number of fused-ring (bicyclic) bond motifs is 1. The van der Waals surface area contributed by atoms with Crippen molar-refractivity contribution in [3.8, 4) is 33.7 Å². The Morgan fingerprint density at radius 3 is 2.52 bits per heavy atom.